The van der Waals surface area contributed by atoms with E-state index in [9.17, 15) is 5.26 Å². The number of nitriles is 1. The molecule has 0 fully saturated rings. The van der Waals surface area contributed by atoms with E-state index in [4.69, 9.17) is 14.8 Å². The number of aliphatic hydroxyl groups is 1. The van der Waals surface area contributed by atoms with Crippen LogP contribution in [0.25, 0.3) is 22.0 Å². The van der Waals surface area contributed by atoms with E-state index < -0.39 is 0 Å². The largest absolute Gasteiger partial charge is 0.490 e. The topological polar surface area (TPSA) is 91.1 Å². The Morgan fingerprint density at radius 1 is 1.33 bits per heavy atom. The average molecular weight is 421 g/mol. The fourth-order valence-corrected chi connectivity index (χ4v) is 4.54. The number of aromatic nitrogens is 2. The van der Waals surface area contributed by atoms with Crippen molar-refractivity contribution in [1.29, 1.82) is 5.26 Å². The minimum atomic E-state index is 0.00644. The first-order valence-electron chi connectivity index (χ1n) is 10.1. The fraction of sp³-hybridized carbons (Fsp3) is 0.348. The summed E-state index contributed by atoms with van der Waals surface area (Å²) in [6.45, 7) is 4.60. The smallest absolute Gasteiger partial charge is 0.173 e. The minimum absolute atomic E-state index is 0.00644. The van der Waals surface area contributed by atoms with Gasteiger partial charge in [0.05, 0.1) is 18.3 Å². The van der Waals surface area contributed by atoms with Crippen molar-refractivity contribution in [3.8, 4) is 33.8 Å². The van der Waals surface area contributed by atoms with E-state index in [0.29, 0.717) is 17.9 Å². The van der Waals surface area contributed by atoms with Crippen molar-refractivity contribution in [3.05, 3.63) is 53.1 Å². The van der Waals surface area contributed by atoms with Crippen molar-refractivity contribution in [1.82, 2.24) is 14.7 Å². The van der Waals surface area contributed by atoms with Crippen LogP contribution in [0.1, 0.15) is 43.0 Å². The van der Waals surface area contributed by atoms with Gasteiger partial charge < -0.3 is 15.2 Å². The number of aliphatic hydroxyl groups excluding tert-OH is 1. The Bertz CT molecular complexity index is 1090. The molecule has 4 rings (SSSR count). The van der Waals surface area contributed by atoms with Crippen molar-refractivity contribution in [2.75, 3.05) is 13.2 Å². The van der Waals surface area contributed by atoms with E-state index in [1.54, 1.807) is 0 Å². The number of rotatable bonds is 7. The minimum Gasteiger partial charge on any atom is -0.490 e. The van der Waals surface area contributed by atoms with Crippen LogP contribution in [0.4, 0.5) is 0 Å². The monoisotopic (exact) mass is 420 g/mol. The van der Waals surface area contributed by atoms with Crippen LogP contribution in [-0.4, -0.2) is 33.7 Å². The molecule has 154 valence electrons. The maximum atomic E-state index is 9.49. The number of benzene rings is 2. The number of hydrogen-bond donors (Lipinski definition) is 2. The van der Waals surface area contributed by atoms with Crippen molar-refractivity contribution in [2.45, 2.75) is 38.8 Å². The van der Waals surface area contributed by atoms with Gasteiger partial charge in [-0.3, -0.25) is 0 Å². The van der Waals surface area contributed by atoms with Gasteiger partial charge in [0.25, 0.3) is 0 Å². The van der Waals surface area contributed by atoms with Gasteiger partial charge in [0.15, 0.2) is 5.82 Å². The summed E-state index contributed by atoms with van der Waals surface area (Å²) in [5.74, 6) is 1.30. The van der Waals surface area contributed by atoms with Crippen molar-refractivity contribution in [2.24, 2.45) is 0 Å². The summed E-state index contributed by atoms with van der Waals surface area (Å²) in [7, 11) is 0. The lowest BCUT2D eigenvalue weighted by molar-refractivity contribution is 0.242. The standard InChI is InChI=1S/C23H24N4O2S/c1-14(2)29-21-9-6-15(12-16(21)13-24)23-26-22(27-30-23)19-5-3-4-18-17(19)7-8-20(18)25-10-11-28/h3-6,9,12,14,20,25,28H,7-8,10-11H2,1-2H3/t20-/m1/s1. The van der Waals surface area contributed by atoms with Gasteiger partial charge >= 0.3 is 0 Å². The fourth-order valence-electron chi connectivity index (χ4n) is 3.87. The zero-order valence-electron chi connectivity index (χ0n) is 17.1. The zero-order valence-corrected chi connectivity index (χ0v) is 17.9. The first-order chi connectivity index (χ1) is 14.6. The predicted molar refractivity (Wildman–Crippen MR) is 117 cm³/mol. The molecule has 0 unspecified atom stereocenters. The molecule has 0 aliphatic heterocycles. The molecule has 0 bridgehead atoms. The molecule has 2 aromatic carbocycles. The van der Waals surface area contributed by atoms with Gasteiger partial charge in [-0.25, -0.2) is 4.98 Å². The van der Waals surface area contributed by atoms with Crippen LogP contribution in [0.2, 0.25) is 0 Å². The Kier molecular flexibility index (Phi) is 6.09. The van der Waals surface area contributed by atoms with Gasteiger partial charge in [-0.15, -0.1) is 0 Å². The van der Waals surface area contributed by atoms with Crippen LogP contribution in [0.5, 0.6) is 5.75 Å². The number of nitrogens with one attached hydrogen (secondary N) is 1. The molecule has 0 saturated heterocycles. The summed E-state index contributed by atoms with van der Waals surface area (Å²) >= 11 is 1.34. The summed E-state index contributed by atoms with van der Waals surface area (Å²) in [6.07, 6.45) is 1.97. The summed E-state index contributed by atoms with van der Waals surface area (Å²) in [4.78, 5) is 4.78. The van der Waals surface area contributed by atoms with Gasteiger partial charge in [-0.05, 0) is 67.5 Å². The highest BCUT2D eigenvalue weighted by Gasteiger charge is 2.25. The maximum Gasteiger partial charge on any atom is 0.173 e. The van der Waals surface area contributed by atoms with Gasteiger partial charge in [-0.1, -0.05) is 18.2 Å². The zero-order chi connectivity index (χ0) is 21.1. The molecule has 0 saturated carbocycles. The molecule has 6 nitrogen and oxygen atoms in total. The molecule has 1 aliphatic carbocycles. The van der Waals surface area contributed by atoms with Crippen LogP contribution in [0.3, 0.4) is 0 Å². The number of nitrogens with zero attached hydrogens (tertiary/aromatic N) is 3. The number of hydrogen-bond acceptors (Lipinski definition) is 7. The molecule has 1 aromatic heterocycles. The second-order valence-corrected chi connectivity index (χ2v) is 8.31. The van der Waals surface area contributed by atoms with Crippen molar-refractivity contribution < 1.29 is 9.84 Å². The molecule has 2 N–H and O–H groups in total. The van der Waals surface area contributed by atoms with Crippen LogP contribution in [-0.2, 0) is 6.42 Å². The molecule has 30 heavy (non-hydrogen) atoms. The first-order valence-corrected chi connectivity index (χ1v) is 10.9. The highest BCUT2D eigenvalue weighted by molar-refractivity contribution is 7.09. The molecule has 1 aliphatic rings. The Balaban J connectivity index is 1.63. The number of ether oxygens (including phenoxy) is 1. The van der Waals surface area contributed by atoms with Gasteiger partial charge in [0.2, 0.25) is 0 Å². The Morgan fingerprint density at radius 2 is 2.20 bits per heavy atom. The van der Waals surface area contributed by atoms with Crippen molar-refractivity contribution in [3.63, 3.8) is 0 Å². The van der Waals surface area contributed by atoms with E-state index in [-0.39, 0.29) is 18.8 Å². The Morgan fingerprint density at radius 3 is 2.97 bits per heavy atom. The molecule has 7 heteroatoms. The van der Waals surface area contributed by atoms with E-state index in [0.717, 1.165) is 34.8 Å². The lowest BCUT2D eigenvalue weighted by atomic mass is 10.0. The molecule has 1 atom stereocenters. The third-order valence-electron chi connectivity index (χ3n) is 5.15. The van der Waals surface area contributed by atoms with Gasteiger partial charge in [-0.2, -0.15) is 9.64 Å². The lowest BCUT2D eigenvalue weighted by Gasteiger charge is -2.13. The molecule has 0 amide bonds. The number of fused-ring (bicyclic) bond motifs is 1. The second-order valence-electron chi connectivity index (χ2n) is 7.55. The molecule has 0 radical (unpaired) electrons. The molecular formula is C23H24N4O2S. The lowest BCUT2D eigenvalue weighted by Crippen LogP contribution is -2.22. The van der Waals surface area contributed by atoms with Gasteiger partial charge in [0, 0.05) is 23.7 Å². The summed E-state index contributed by atoms with van der Waals surface area (Å²) in [5, 5.41) is 22.8. The molecule has 0 spiro atoms. The third kappa shape index (κ3) is 4.08. The highest BCUT2D eigenvalue weighted by atomic mass is 32.1. The maximum absolute atomic E-state index is 9.49. The van der Waals surface area contributed by atoms with E-state index in [2.05, 4.69) is 27.9 Å². The molecule has 1 heterocycles. The van der Waals surface area contributed by atoms with Crippen LogP contribution in [0.15, 0.2) is 36.4 Å². The highest BCUT2D eigenvalue weighted by Crippen LogP contribution is 2.38. The average Bonchev–Trinajstić information content (AvgIpc) is 3.39. The van der Waals surface area contributed by atoms with E-state index >= 15 is 0 Å². The molecular weight excluding hydrogens is 396 g/mol. The summed E-state index contributed by atoms with van der Waals surface area (Å²) in [5.41, 5.74) is 4.95. The van der Waals surface area contributed by atoms with Crippen molar-refractivity contribution >= 4 is 11.5 Å². The molecule has 3 aromatic rings. The van der Waals surface area contributed by atoms with E-state index in [1.165, 1.54) is 22.7 Å². The summed E-state index contributed by atoms with van der Waals surface area (Å²) in [6, 6.07) is 14.3. The van der Waals surface area contributed by atoms with E-state index in [1.807, 2.05) is 38.1 Å². The van der Waals surface area contributed by atoms with Crippen LogP contribution in [0, 0.1) is 11.3 Å². The first kappa shape index (κ1) is 20.5. The SMILES string of the molecule is CC(C)Oc1ccc(-c2nc(-c3cccc4c3CC[C@H]4NCCO)ns2)cc1C#N. The van der Waals surface area contributed by atoms with Crippen LogP contribution >= 0.6 is 11.5 Å². The van der Waals surface area contributed by atoms with Crippen LogP contribution < -0.4 is 10.1 Å². The second kappa shape index (κ2) is 8.92. The predicted octanol–water partition coefficient (Wildman–Crippen LogP) is 4.10. The normalized spacial score (nSPS) is 15.2. The Labute approximate surface area is 180 Å². The summed E-state index contributed by atoms with van der Waals surface area (Å²) < 4.78 is 10.3. The Hall–Kier alpha value is -2.79. The van der Waals surface area contributed by atoms with Gasteiger partial charge in [0.1, 0.15) is 16.8 Å². The third-order valence-corrected chi connectivity index (χ3v) is 5.91. The quantitative estimate of drug-likeness (QED) is 0.598.